The maximum Gasteiger partial charge on any atom is 0.326 e. The van der Waals surface area contributed by atoms with Gasteiger partial charge in [-0.1, -0.05) is 74.5 Å². The Kier molecular flexibility index (Phi) is 18.5. The summed E-state index contributed by atoms with van der Waals surface area (Å²) in [4.78, 5) is 124. The first-order valence-electron chi connectivity index (χ1n) is 17.5. The monoisotopic (exact) mass is 793 g/mol. The lowest BCUT2D eigenvalue weighted by molar-refractivity contribution is -0.141. The molecular weight excluding hydrogens is 746 g/mol. The van der Waals surface area contributed by atoms with Crippen LogP contribution in [0, 0.1) is 5.92 Å². The molecule has 9 amide bonds. The number of amides is 9. The first kappa shape index (κ1) is 46.0. The summed E-state index contributed by atoms with van der Waals surface area (Å²) in [7, 11) is 0. The van der Waals surface area contributed by atoms with E-state index in [0.717, 1.165) is 0 Å². The molecule has 5 unspecified atom stereocenters. The van der Waals surface area contributed by atoms with E-state index in [4.69, 9.17) is 11.5 Å². The Morgan fingerprint density at radius 2 is 1.21 bits per heavy atom. The zero-order valence-corrected chi connectivity index (χ0v) is 31.4. The van der Waals surface area contributed by atoms with Gasteiger partial charge < -0.3 is 53.8 Å². The molecule has 0 saturated heterocycles. The molecule has 0 heterocycles. The summed E-state index contributed by atoms with van der Waals surface area (Å²) in [5.41, 5.74) is 11.6. The van der Waals surface area contributed by atoms with Gasteiger partial charge in [-0.15, -0.1) is 0 Å². The van der Waals surface area contributed by atoms with E-state index in [1.165, 1.54) is 19.1 Å². The second kappa shape index (κ2) is 22.9. The van der Waals surface area contributed by atoms with Gasteiger partial charge in [-0.25, -0.2) is 4.79 Å². The van der Waals surface area contributed by atoms with Gasteiger partial charge in [0.05, 0.1) is 19.5 Å². The van der Waals surface area contributed by atoms with Gasteiger partial charge >= 0.3 is 5.97 Å². The van der Waals surface area contributed by atoms with Gasteiger partial charge in [0.25, 0.3) is 0 Å². The van der Waals surface area contributed by atoms with Crippen LogP contribution in [0.25, 0.3) is 0 Å². The molecule has 0 spiro atoms. The Labute approximate surface area is 327 Å². The number of hydrogen-bond acceptors (Lipinski definition) is 10. The van der Waals surface area contributed by atoms with Crippen molar-refractivity contribution in [1.29, 1.82) is 0 Å². The van der Waals surface area contributed by atoms with Crippen molar-refractivity contribution in [2.24, 2.45) is 17.4 Å². The number of benzene rings is 2. The molecule has 20 nitrogen and oxygen atoms in total. The first-order valence-corrected chi connectivity index (χ1v) is 17.5. The van der Waals surface area contributed by atoms with Crippen molar-refractivity contribution in [1.82, 2.24) is 37.2 Å². The van der Waals surface area contributed by atoms with Gasteiger partial charge in [-0.2, -0.15) is 0 Å². The van der Waals surface area contributed by atoms with E-state index in [9.17, 15) is 53.1 Å². The van der Waals surface area contributed by atoms with Crippen molar-refractivity contribution < 1.29 is 53.1 Å². The van der Waals surface area contributed by atoms with Crippen molar-refractivity contribution >= 4 is 59.1 Å². The van der Waals surface area contributed by atoms with Gasteiger partial charge in [0, 0.05) is 18.6 Å². The number of primary amides is 2. The number of carboxylic acid groups (broad SMARTS) is 1. The van der Waals surface area contributed by atoms with E-state index >= 15 is 0 Å². The van der Waals surface area contributed by atoms with Gasteiger partial charge in [0.2, 0.25) is 53.2 Å². The lowest BCUT2D eigenvalue weighted by Crippen LogP contribution is -2.56. The summed E-state index contributed by atoms with van der Waals surface area (Å²) >= 11 is 0. The smallest absolute Gasteiger partial charge is 0.326 e. The van der Waals surface area contributed by atoms with Crippen LogP contribution in [0.15, 0.2) is 72.8 Å². The minimum atomic E-state index is -1.64. The first-order chi connectivity index (χ1) is 26.9. The number of carbonyl (C=O) groups excluding carboxylic acids is 9. The topological polar surface area (TPSA) is 327 Å². The van der Waals surface area contributed by atoms with E-state index < -0.39 is 109 Å². The fraction of sp³-hybridized carbons (Fsp3) is 0.351. The fourth-order valence-corrected chi connectivity index (χ4v) is 4.94. The third-order valence-electron chi connectivity index (χ3n) is 7.91. The van der Waals surface area contributed by atoms with Crippen LogP contribution in [0.1, 0.15) is 44.4 Å². The average molecular weight is 794 g/mol. The van der Waals surface area contributed by atoms with E-state index in [1.807, 2.05) is 0 Å². The molecule has 2 aromatic rings. The van der Waals surface area contributed by atoms with E-state index in [1.54, 1.807) is 62.4 Å². The maximum absolute atomic E-state index is 13.4. The highest BCUT2D eigenvalue weighted by molar-refractivity contribution is 6.01. The Balaban J connectivity index is 1.98. The molecule has 0 radical (unpaired) electrons. The van der Waals surface area contributed by atoms with Gasteiger partial charge in [-0.05, 0) is 24.0 Å². The van der Waals surface area contributed by atoms with Crippen molar-refractivity contribution in [3.05, 3.63) is 83.9 Å². The summed E-state index contributed by atoms with van der Waals surface area (Å²) in [6, 6.07) is 9.77. The molecule has 0 aliphatic rings. The van der Waals surface area contributed by atoms with Gasteiger partial charge in [0.15, 0.2) is 0 Å². The molecule has 0 bridgehead atoms. The molecule has 0 saturated carbocycles. The Hall–Kier alpha value is -7.12. The number of nitrogens with two attached hydrogens (primary N) is 2. The molecular formula is C37H47N9O11. The summed E-state index contributed by atoms with van der Waals surface area (Å²) in [6.45, 7) is 3.44. The minimum Gasteiger partial charge on any atom is -0.480 e. The van der Waals surface area contributed by atoms with Crippen LogP contribution in [0.2, 0.25) is 0 Å². The molecule has 2 rings (SSSR count). The summed E-state index contributed by atoms with van der Waals surface area (Å²) < 4.78 is 0. The number of rotatable bonds is 22. The maximum atomic E-state index is 13.4. The van der Waals surface area contributed by atoms with E-state index in [2.05, 4.69) is 37.2 Å². The van der Waals surface area contributed by atoms with Crippen molar-refractivity contribution in [3.8, 4) is 0 Å². The minimum absolute atomic E-state index is 0.00656. The summed E-state index contributed by atoms with van der Waals surface area (Å²) in [6.07, 6.45) is 0.687. The zero-order chi connectivity index (χ0) is 42.7. The third kappa shape index (κ3) is 16.8. The van der Waals surface area contributed by atoms with Crippen LogP contribution in [0.4, 0.5) is 0 Å². The quantitative estimate of drug-likeness (QED) is 0.0534. The van der Waals surface area contributed by atoms with Gasteiger partial charge in [0.1, 0.15) is 30.2 Å². The third-order valence-corrected chi connectivity index (χ3v) is 7.91. The Morgan fingerprint density at radius 3 is 1.77 bits per heavy atom. The Bertz CT molecular complexity index is 1820. The molecule has 20 heteroatoms. The summed E-state index contributed by atoms with van der Waals surface area (Å²) in [5.74, 6) is -9.64. The van der Waals surface area contributed by atoms with Crippen LogP contribution in [0.5, 0.6) is 0 Å². The molecule has 0 aliphatic heterocycles. The lowest BCUT2D eigenvalue weighted by Gasteiger charge is -2.25. The Morgan fingerprint density at radius 1 is 0.632 bits per heavy atom. The molecule has 0 fully saturated rings. The highest BCUT2D eigenvalue weighted by Gasteiger charge is 2.31. The average Bonchev–Trinajstić information content (AvgIpc) is 3.15. The molecule has 5 atom stereocenters. The molecule has 0 aromatic heterocycles. The number of carbonyl (C=O) groups is 10. The van der Waals surface area contributed by atoms with E-state index in [0.29, 0.717) is 17.7 Å². The zero-order valence-electron chi connectivity index (χ0n) is 31.4. The number of carboxylic acids is 1. The number of aliphatic carboxylic acids is 1. The summed E-state index contributed by atoms with van der Waals surface area (Å²) in [5, 5.41) is 25.7. The van der Waals surface area contributed by atoms with Crippen molar-refractivity contribution in [2.75, 3.05) is 13.1 Å². The van der Waals surface area contributed by atoms with Crippen molar-refractivity contribution in [2.45, 2.75) is 63.8 Å². The molecule has 2 aromatic carbocycles. The van der Waals surface area contributed by atoms with Crippen LogP contribution >= 0.6 is 0 Å². The molecule has 306 valence electrons. The van der Waals surface area contributed by atoms with Crippen molar-refractivity contribution in [3.63, 3.8) is 0 Å². The predicted molar refractivity (Wildman–Crippen MR) is 202 cm³/mol. The SMILES string of the molecule is CC(NC(=O)C(NC(=O)C(CC(N)=O)NC(=O)C=CC(=O)NCC(=O)NCC(=O)NC(Cc1ccccc1)C(=O)O)c1ccccc1)C(=O)NC(C(N)=O)C(C)C. The van der Waals surface area contributed by atoms with Crippen LogP contribution in [0.3, 0.4) is 0 Å². The second-order valence-electron chi connectivity index (χ2n) is 12.9. The van der Waals surface area contributed by atoms with Crippen LogP contribution in [-0.2, 0) is 54.4 Å². The molecule has 12 N–H and O–H groups in total. The largest absolute Gasteiger partial charge is 0.480 e. The molecule has 0 aliphatic carbocycles. The second-order valence-corrected chi connectivity index (χ2v) is 12.9. The molecule has 57 heavy (non-hydrogen) atoms. The fourth-order valence-electron chi connectivity index (χ4n) is 4.94. The highest BCUT2D eigenvalue weighted by atomic mass is 16.4. The predicted octanol–water partition coefficient (Wildman–Crippen LogP) is -3.06. The number of hydrogen-bond donors (Lipinski definition) is 10. The van der Waals surface area contributed by atoms with Gasteiger partial charge in [-0.3, -0.25) is 43.2 Å². The van der Waals surface area contributed by atoms with E-state index in [-0.39, 0.29) is 17.9 Å². The van der Waals surface area contributed by atoms with Crippen LogP contribution in [-0.4, -0.2) is 101 Å². The lowest BCUT2D eigenvalue weighted by atomic mass is 10.0. The standard InChI is InChI=1S/C37H47N9O11/c1-20(2)31(33(39)52)45-34(53)21(3)42-36(55)32(23-12-8-5-9-13-23)46-35(54)24(17-26(38)47)43-28(49)15-14-27(48)40-18-29(50)41-19-30(51)44-25(37(56)57)16-22-10-6-4-7-11-22/h4-15,20-21,24-25,31-32H,16-19H2,1-3H3,(H2,38,47)(H2,39,52)(H,40,48)(H,41,50)(H,42,55)(H,43,49)(H,44,51)(H,45,53)(H,46,54)(H,56,57). The number of nitrogens with one attached hydrogen (secondary N) is 7. The highest BCUT2D eigenvalue weighted by Crippen LogP contribution is 2.14. The normalized spacial score (nSPS) is 13.4. The van der Waals surface area contributed by atoms with Crippen LogP contribution < -0.4 is 48.7 Å².